The molecule has 3 rings (SSSR count). The van der Waals surface area contributed by atoms with Gasteiger partial charge in [-0.25, -0.2) is 0 Å². The Bertz CT molecular complexity index is 890. The number of ether oxygens (including phenoxy) is 2. The Hall–Kier alpha value is -1.85. The maximum atomic E-state index is 12.4. The zero-order valence-electron chi connectivity index (χ0n) is 19.0. The van der Waals surface area contributed by atoms with Gasteiger partial charge in [-0.3, -0.25) is 14.1 Å². The van der Waals surface area contributed by atoms with Crippen LogP contribution in [0.3, 0.4) is 0 Å². The van der Waals surface area contributed by atoms with Crippen molar-refractivity contribution in [3.8, 4) is 11.5 Å². The van der Waals surface area contributed by atoms with E-state index in [0.717, 1.165) is 55.1 Å². The van der Waals surface area contributed by atoms with E-state index in [2.05, 4.69) is 26.2 Å². The van der Waals surface area contributed by atoms with Gasteiger partial charge in [0.25, 0.3) is 0 Å². The summed E-state index contributed by atoms with van der Waals surface area (Å²) in [7, 11) is 4.11. The maximum Gasteiger partial charge on any atom is 0.193 e. The molecule has 2 aromatic carbocycles. The molecule has 1 atom stereocenters. The molecule has 0 bridgehead atoms. The summed E-state index contributed by atoms with van der Waals surface area (Å²) < 4.78 is 23.1. The van der Waals surface area contributed by atoms with Gasteiger partial charge >= 0.3 is 0 Å². The van der Waals surface area contributed by atoms with Gasteiger partial charge in [-0.2, -0.15) is 0 Å². The summed E-state index contributed by atoms with van der Waals surface area (Å²) in [6, 6.07) is 15.7. The van der Waals surface area contributed by atoms with Crippen LogP contribution in [0.2, 0.25) is 0 Å². The second kappa shape index (κ2) is 13.6. The molecule has 1 unspecified atom stereocenters. The normalized spacial score (nSPS) is 15.6. The lowest BCUT2D eigenvalue weighted by atomic mass is 10.1. The predicted octanol–water partition coefficient (Wildman–Crippen LogP) is 2.82. The van der Waals surface area contributed by atoms with Crippen molar-refractivity contribution in [2.45, 2.75) is 11.4 Å². The third-order valence-corrected chi connectivity index (χ3v) is 6.69. The highest BCUT2D eigenvalue weighted by atomic mass is 127. The van der Waals surface area contributed by atoms with E-state index in [1.807, 2.05) is 42.5 Å². The largest absolute Gasteiger partial charge is 0.493 e. The summed E-state index contributed by atoms with van der Waals surface area (Å²) in [5.74, 6) is 2.94. The van der Waals surface area contributed by atoms with Crippen LogP contribution < -0.4 is 14.8 Å². The lowest BCUT2D eigenvalue weighted by molar-refractivity contribution is 0.172. The number of benzene rings is 2. The summed E-state index contributed by atoms with van der Waals surface area (Å²) in [6.07, 6.45) is 0. The Morgan fingerprint density at radius 2 is 1.72 bits per heavy atom. The molecule has 2 aromatic rings. The molecular formula is C23H33IN4O3S. The van der Waals surface area contributed by atoms with Crippen LogP contribution in [0, 0.1) is 0 Å². The zero-order valence-corrected chi connectivity index (χ0v) is 22.1. The molecular weight excluding hydrogens is 539 g/mol. The van der Waals surface area contributed by atoms with Crippen molar-refractivity contribution in [3.05, 3.63) is 54.1 Å². The van der Waals surface area contributed by atoms with Crippen molar-refractivity contribution in [3.63, 3.8) is 0 Å². The minimum Gasteiger partial charge on any atom is -0.493 e. The van der Waals surface area contributed by atoms with Gasteiger partial charge in [0.2, 0.25) is 0 Å². The molecule has 0 amide bonds. The summed E-state index contributed by atoms with van der Waals surface area (Å²) in [5.41, 5.74) is 1.21. The Kier molecular flexibility index (Phi) is 11.3. The second-order valence-corrected chi connectivity index (χ2v) is 8.86. The molecule has 1 N–H and O–H groups in total. The smallest absolute Gasteiger partial charge is 0.193 e. The molecule has 1 aliphatic rings. The van der Waals surface area contributed by atoms with Crippen molar-refractivity contribution >= 4 is 40.7 Å². The van der Waals surface area contributed by atoms with Crippen LogP contribution >= 0.6 is 24.0 Å². The fourth-order valence-corrected chi connectivity index (χ4v) is 4.62. The Morgan fingerprint density at radius 1 is 1.03 bits per heavy atom. The van der Waals surface area contributed by atoms with Gasteiger partial charge in [0.15, 0.2) is 17.5 Å². The van der Waals surface area contributed by atoms with Gasteiger partial charge in [-0.1, -0.05) is 24.3 Å². The lowest BCUT2D eigenvalue weighted by Crippen LogP contribution is -2.52. The average molecular weight is 573 g/mol. The van der Waals surface area contributed by atoms with E-state index in [0.29, 0.717) is 12.3 Å². The average Bonchev–Trinajstić information content (AvgIpc) is 2.83. The number of hydrogen-bond acceptors (Lipinski definition) is 5. The molecule has 0 aliphatic carbocycles. The van der Waals surface area contributed by atoms with Crippen molar-refractivity contribution in [2.24, 2.45) is 4.99 Å². The first-order valence-corrected chi connectivity index (χ1v) is 11.8. The first kappa shape index (κ1) is 26.4. The van der Waals surface area contributed by atoms with Crippen LogP contribution in [0.4, 0.5) is 0 Å². The highest BCUT2D eigenvalue weighted by molar-refractivity contribution is 14.0. The molecule has 1 aliphatic heterocycles. The van der Waals surface area contributed by atoms with E-state index in [1.165, 1.54) is 5.56 Å². The molecule has 32 heavy (non-hydrogen) atoms. The van der Waals surface area contributed by atoms with Crippen LogP contribution in [0.1, 0.15) is 5.56 Å². The SMILES string of the molecule is CN=C(NCCS(=O)c1ccccc1)N1CCN(Cc2ccc(OC)c(OC)c2)CC1.I. The molecule has 1 heterocycles. The second-order valence-electron chi connectivity index (χ2n) is 7.29. The molecule has 9 heteroatoms. The van der Waals surface area contributed by atoms with Crippen molar-refractivity contribution < 1.29 is 13.7 Å². The van der Waals surface area contributed by atoms with Gasteiger partial charge in [-0.15, -0.1) is 24.0 Å². The quantitative estimate of drug-likeness (QED) is 0.298. The third-order valence-electron chi connectivity index (χ3n) is 5.31. The first-order valence-electron chi connectivity index (χ1n) is 10.5. The van der Waals surface area contributed by atoms with Crippen LogP contribution in [0.25, 0.3) is 0 Å². The van der Waals surface area contributed by atoms with Gasteiger partial charge < -0.3 is 19.7 Å². The number of halogens is 1. The maximum absolute atomic E-state index is 12.4. The predicted molar refractivity (Wildman–Crippen MR) is 141 cm³/mol. The molecule has 0 radical (unpaired) electrons. The fraction of sp³-hybridized carbons (Fsp3) is 0.435. The summed E-state index contributed by atoms with van der Waals surface area (Å²) in [6.45, 7) is 5.19. The molecule has 1 fully saturated rings. The van der Waals surface area contributed by atoms with E-state index in [9.17, 15) is 4.21 Å². The Morgan fingerprint density at radius 3 is 2.34 bits per heavy atom. The van der Waals surface area contributed by atoms with Crippen LogP contribution in [-0.4, -0.2) is 79.7 Å². The van der Waals surface area contributed by atoms with Crippen molar-refractivity contribution in [2.75, 3.05) is 59.7 Å². The molecule has 0 saturated carbocycles. The van der Waals surface area contributed by atoms with Crippen LogP contribution in [0.15, 0.2) is 58.4 Å². The minimum atomic E-state index is -1.00. The third kappa shape index (κ3) is 7.35. The number of piperazine rings is 1. The summed E-state index contributed by atoms with van der Waals surface area (Å²) in [5, 5.41) is 3.37. The molecule has 176 valence electrons. The number of rotatable bonds is 8. The number of nitrogens with zero attached hydrogens (tertiary/aromatic N) is 3. The van der Waals surface area contributed by atoms with E-state index >= 15 is 0 Å². The van der Waals surface area contributed by atoms with Crippen LogP contribution in [-0.2, 0) is 17.3 Å². The summed E-state index contributed by atoms with van der Waals surface area (Å²) in [4.78, 5) is 9.97. The van der Waals surface area contributed by atoms with Crippen molar-refractivity contribution in [1.82, 2.24) is 15.1 Å². The standard InChI is InChI=1S/C23H32N4O3S.HI/c1-24-23(25-11-16-31(28)20-7-5-4-6-8-20)27-14-12-26(13-15-27)18-19-9-10-21(29-2)22(17-19)30-3;/h4-10,17H,11-16,18H2,1-3H3,(H,24,25);1H. The number of methoxy groups -OCH3 is 2. The molecule has 1 saturated heterocycles. The number of hydrogen-bond donors (Lipinski definition) is 1. The fourth-order valence-electron chi connectivity index (χ4n) is 3.63. The lowest BCUT2D eigenvalue weighted by Gasteiger charge is -2.36. The van der Waals surface area contributed by atoms with Gasteiger partial charge in [0.1, 0.15) is 0 Å². The molecule has 0 spiro atoms. The topological polar surface area (TPSA) is 66.4 Å². The van der Waals surface area contributed by atoms with E-state index in [4.69, 9.17) is 9.47 Å². The van der Waals surface area contributed by atoms with Gasteiger partial charge in [0, 0.05) is 57.0 Å². The highest BCUT2D eigenvalue weighted by Gasteiger charge is 2.20. The van der Waals surface area contributed by atoms with E-state index < -0.39 is 10.8 Å². The number of aliphatic imine (C=N–C) groups is 1. The van der Waals surface area contributed by atoms with Crippen molar-refractivity contribution in [1.29, 1.82) is 0 Å². The molecule has 0 aromatic heterocycles. The first-order chi connectivity index (χ1) is 15.1. The van der Waals surface area contributed by atoms with E-state index in [-0.39, 0.29) is 24.0 Å². The van der Waals surface area contributed by atoms with E-state index in [1.54, 1.807) is 21.3 Å². The number of guanidine groups is 1. The summed E-state index contributed by atoms with van der Waals surface area (Å²) >= 11 is 0. The van der Waals surface area contributed by atoms with Gasteiger partial charge in [0.05, 0.1) is 25.0 Å². The zero-order chi connectivity index (χ0) is 22.1. The number of nitrogens with one attached hydrogen (secondary N) is 1. The monoisotopic (exact) mass is 572 g/mol. The molecule has 7 nitrogen and oxygen atoms in total. The van der Waals surface area contributed by atoms with Gasteiger partial charge in [-0.05, 0) is 29.8 Å². The minimum absolute atomic E-state index is 0. The highest BCUT2D eigenvalue weighted by Crippen LogP contribution is 2.28. The van der Waals surface area contributed by atoms with Crippen LogP contribution in [0.5, 0.6) is 11.5 Å². The Balaban J connectivity index is 0.00000363. The Labute approximate surface area is 210 Å².